The number of quaternary nitrogens is 1. The Morgan fingerprint density at radius 1 is 1.06 bits per heavy atom. The van der Waals surface area contributed by atoms with Crippen LogP contribution in [0.15, 0.2) is 30.3 Å². The smallest absolute Gasteiger partial charge is 0.121 e. The van der Waals surface area contributed by atoms with E-state index in [4.69, 9.17) is 0 Å². The SMILES string of the molecule is c1ccc(C[NH+]2NCCC23CCCC3)cc1. The van der Waals surface area contributed by atoms with Gasteiger partial charge in [-0.2, -0.15) is 5.43 Å². The summed E-state index contributed by atoms with van der Waals surface area (Å²) in [6.07, 6.45) is 7.07. The molecule has 16 heavy (non-hydrogen) atoms. The number of nitrogens with one attached hydrogen (secondary N) is 2. The monoisotopic (exact) mass is 217 g/mol. The fourth-order valence-electron chi connectivity index (χ4n) is 3.44. The molecule has 2 heteroatoms. The Balaban J connectivity index is 1.75. The Bertz CT molecular complexity index is 336. The van der Waals surface area contributed by atoms with Gasteiger partial charge in [0, 0.05) is 24.8 Å². The number of benzene rings is 1. The van der Waals surface area contributed by atoms with Gasteiger partial charge >= 0.3 is 0 Å². The molecule has 2 fully saturated rings. The highest BCUT2D eigenvalue weighted by molar-refractivity contribution is 5.13. The summed E-state index contributed by atoms with van der Waals surface area (Å²) in [6.45, 7) is 2.34. The zero-order valence-electron chi connectivity index (χ0n) is 9.84. The lowest BCUT2D eigenvalue weighted by Gasteiger charge is -2.30. The molecule has 0 aromatic heterocycles. The fraction of sp³-hybridized carbons (Fsp3) is 0.571. The molecule has 2 aliphatic rings. The number of hydrogen-bond donors (Lipinski definition) is 2. The van der Waals surface area contributed by atoms with Crippen molar-refractivity contribution in [3.8, 4) is 0 Å². The van der Waals surface area contributed by atoms with E-state index in [1.807, 2.05) is 0 Å². The molecule has 1 saturated carbocycles. The molecular formula is C14H21N2+. The highest BCUT2D eigenvalue weighted by Gasteiger charge is 2.47. The highest BCUT2D eigenvalue weighted by atomic mass is 15.6. The van der Waals surface area contributed by atoms with Gasteiger partial charge in [-0.3, -0.25) is 0 Å². The van der Waals surface area contributed by atoms with Crippen molar-refractivity contribution in [1.82, 2.24) is 5.43 Å². The second-order valence-corrected chi connectivity index (χ2v) is 5.31. The second-order valence-electron chi connectivity index (χ2n) is 5.31. The van der Waals surface area contributed by atoms with Gasteiger partial charge in [-0.05, 0) is 12.8 Å². The van der Waals surface area contributed by atoms with Gasteiger partial charge in [0.1, 0.15) is 12.1 Å². The molecule has 1 spiro atoms. The van der Waals surface area contributed by atoms with Crippen LogP contribution in [0.3, 0.4) is 0 Å². The van der Waals surface area contributed by atoms with E-state index in [-0.39, 0.29) is 0 Å². The molecule has 0 amide bonds. The normalized spacial score (nSPS) is 27.6. The minimum absolute atomic E-state index is 0.565. The molecule has 1 heterocycles. The summed E-state index contributed by atoms with van der Waals surface area (Å²) in [5.74, 6) is 0. The van der Waals surface area contributed by atoms with Crippen LogP contribution in [-0.4, -0.2) is 12.1 Å². The second kappa shape index (κ2) is 4.19. The summed E-state index contributed by atoms with van der Waals surface area (Å²) < 4.78 is 0. The lowest BCUT2D eigenvalue weighted by molar-refractivity contribution is -0.992. The molecule has 1 aromatic carbocycles. The Labute approximate surface area is 97.6 Å². The molecule has 2 nitrogen and oxygen atoms in total. The van der Waals surface area contributed by atoms with E-state index in [1.54, 1.807) is 5.01 Å². The molecule has 1 atom stereocenters. The van der Waals surface area contributed by atoms with Gasteiger partial charge in [0.15, 0.2) is 0 Å². The third-order valence-corrected chi connectivity index (χ3v) is 4.37. The standard InChI is InChI=1S/C14H20N2/c1-2-6-13(7-3-1)12-16-14(10-11-15-16)8-4-5-9-14/h1-3,6-7,15H,4-5,8-12H2/p+1. The summed E-state index contributed by atoms with van der Waals surface area (Å²) in [6, 6.07) is 10.9. The molecule has 3 rings (SSSR count). The van der Waals surface area contributed by atoms with Crippen LogP contribution in [0, 0.1) is 0 Å². The van der Waals surface area contributed by atoms with Gasteiger partial charge < -0.3 is 0 Å². The molecule has 1 aliphatic heterocycles. The topological polar surface area (TPSA) is 16.5 Å². The molecular weight excluding hydrogens is 196 g/mol. The predicted octanol–water partition coefficient (Wildman–Crippen LogP) is 1.29. The van der Waals surface area contributed by atoms with E-state index in [9.17, 15) is 0 Å². The van der Waals surface area contributed by atoms with Crippen LogP contribution >= 0.6 is 0 Å². The van der Waals surface area contributed by atoms with E-state index in [0.717, 1.165) is 6.54 Å². The fourth-order valence-corrected chi connectivity index (χ4v) is 3.44. The van der Waals surface area contributed by atoms with E-state index >= 15 is 0 Å². The molecule has 86 valence electrons. The van der Waals surface area contributed by atoms with Crippen molar-refractivity contribution in [1.29, 1.82) is 0 Å². The van der Waals surface area contributed by atoms with E-state index in [0.29, 0.717) is 5.54 Å². The lowest BCUT2D eigenvalue weighted by atomic mass is 9.94. The van der Waals surface area contributed by atoms with Gasteiger partial charge in [-0.1, -0.05) is 30.3 Å². The van der Waals surface area contributed by atoms with Gasteiger partial charge in [-0.25, -0.2) is 5.01 Å². The third-order valence-electron chi connectivity index (χ3n) is 4.37. The maximum absolute atomic E-state index is 3.65. The molecule has 2 N–H and O–H groups in total. The molecule has 1 unspecified atom stereocenters. The van der Waals surface area contributed by atoms with Crippen LogP contribution < -0.4 is 10.4 Å². The molecule has 1 aliphatic carbocycles. The maximum Gasteiger partial charge on any atom is 0.121 e. The summed E-state index contributed by atoms with van der Waals surface area (Å²) in [7, 11) is 0. The van der Waals surface area contributed by atoms with Crippen molar-refractivity contribution >= 4 is 0 Å². The lowest BCUT2D eigenvalue weighted by Crippen LogP contribution is -3.21. The van der Waals surface area contributed by atoms with E-state index < -0.39 is 0 Å². The first-order valence-electron chi connectivity index (χ1n) is 6.53. The van der Waals surface area contributed by atoms with Crippen molar-refractivity contribution in [2.24, 2.45) is 0 Å². The van der Waals surface area contributed by atoms with Crippen LogP contribution in [-0.2, 0) is 6.54 Å². The first-order chi connectivity index (χ1) is 7.89. The minimum atomic E-state index is 0.565. The highest BCUT2D eigenvalue weighted by Crippen LogP contribution is 2.31. The third kappa shape index (κ3) is 1.76. The van der Waals surface area contributed by atoms with Crippen LogP contribution in [0.1, 0.15) is 37.7 Å². The quantitative estimate of drug-likeness (QED) is 0.763. The van der Waals surface area contributed by atoms with Gasteiger partial charge in [0.25, 0.3) is 0 Å². The van der Waals surface area contributed by atoms with Crippen molar-refractivity contribution in [3.63, 3.8) is 0 Å². The Morgan fingerprint density at radius 2 is 1.81 bits per heavy atom. The summed E-state index contributed by atoms with van der Waals surface area (Å²) in [4.78, 5) is 0. The Hall–Kier alpha value is -0.860. The van der Waals surface area contributed by atoms with Gasteiger partial charge in [-0.15, -0.1) is 0 Å². The van der Waals surface area contributed by atoms with Crippen molar-refractivity contribution in [2.75, 3.05) is 6.54 Å². The van der Waals surface area contributed by atoms with E-state index in [1.165, 1.54) is 44.2 Å². The van der Waals surface area contributed by atoms with Crippen molar-refractivity contribution in [3.05, 3.63) is 35.9 Å². The van der Waals surface area contributed by atoms with Crippen molar-refractivity contribution in [2.45, 2.75) is 44.2 Å². The van der Waals surface area contributed by atoms with E-state index in [2.05, 4.69) is 35.8 Å². The molecule has 0 bridgehead atoms. The zero-order valence-corrected chi connectivity index (χ0v) is 9.84. The summed E-state index contributed by atoms with van der Waals surface area (Å²) in [5, 5.41) is 1.62. The molecule has 1 saturated heterocycles. The van der Waals surface area contributed by atoms with Crippen LogP contribution in [0.2, 0.25) is 0 Å². The average molecular weight is 217 g/mol. The zero-order chi connectivity index (χ0) is 10.8. The van der Waals surface area contributed by atoms with Crippen LogP contribution in [0.25, 0.3) is 0 Å². The number of rotatable bonds is 2. The van der Waals surface area contributed by atoms with Crippen LogP contribution in [0.4, 0.5) is 0 Å². The first-order valence-corrected chi connectivity index (χ1v) is 6.53. The maximum atomic E-state index is 3.65. The Kier molecular flexibility index (Phi) is 2.70. The van der Waals surface area contributed by atoms with Gasteiger partial charge in [0.2, 0.25) is 0 Å². The van der Waals surface area contributed by atoms with Gasteiger partial charge in [0.05, 0.1) is 6.54 Å². The Morgan fingerprint density at radius 3 is 2.56 bits per heavy atom. The summed E-state index contributed by atoms with van der Waals surface area (Å²) >= 11 is 0. The molecule has 1 aromatic rings. The van der Waals surface area contributed by atoms with Crippen molar-refractivity contribution < 1.29 is 5.01 Å². The largest absolute Gasteiger partial charge is 0.249 e. The molecule has 0 radical (unpaired) electrons. The van der Waals surface area contributed by atoms with Crippen LogP contribution in [0.5, 0.6) is 0 Å². The average Bonchev–Trinajstić information content (AvgIpc) is 2.93. The minimum Gasteiger partial charge on any atom is -0.249 e. The number of hydrogen-bond acceptors (Lipinski definition) is 1. The predicted molar refractivity (Wildman–Crippen MR) is 64.9 cm³/mol. The summed E-state index contributed by atoms with van der Waals surface area (Å²) in [5.41, 5.74) is 5.68. The first kappa shape index (κ1) is 10.3.